The fourth-order valence-corrected chi connectivity index (χ4v) is 5.05. The lowest BCUT2D eigenvalue weighted by atomic mass is 9.94. The van der Waals surface area contributed by atoms with Gasteiger partial charge < -0.3 is 19.8 Å². The molecule has 5 rings (SSSR count). The Kier molecular flexibility index (Phi) is 9.21. The number of rotatable bonds is 11. The number of nitrogens with zero attached hydrogens (tertiary/aromatic N) is 1. The average Bonchev–Trinajstić information content (AvgIpc) is 3.02. The summed E-state index contributed by atoms with van der Waals surface area (Å²) >= 11 is 0. The van der Waals surface area contributed by atoms with Gasteiger partial charge in [-0.3, -0.25) is 9.59 Å². The summed E-state index contributed by atoms with van der Waals surface area (Å²) in [6, 6.07) is 39.6. The van der Waals surface area contributed by atoms with Gasteiger partial charge in [-0.1, -0.05) is 78.4 Å². The van der Waals surface area contributed by atoms with Crippen LogP contribution in [0.15, 0.2) is 121 Å². The molecule has 0 aromatic heterocycles. The molecule has 5 aromatic rings. The lowest BCUT2D eigenvalue weighted by Gasteiger charge is -2.26. The molecule has 0 aliphatic heterocycles. The van der Waals surface area contributed by atoms with E-state index >= 15 is 0 Å². The summed E-state index contributed by atoms with van der Waals surface area (Å²) in [5.74, 6) is -0.965. The quantitative estimate of drug-likeness (QED) is 0.152. The molecule has 0 aliphatic rings. The lowest BCUT2D eigenvalue weighted by Crippen LogP contribution is -2.10. The second-order valence-electron chi connectivity index (χ2n) is 10.6. The molecule has 0 radical (unpaired) electrons. The van der Waals surface area contributed by atoms with Crippen LogP contribution in [-0.2, 0) is 22.4 Å². The highest BCUT2D eigenvalue weighted by atomic mass is 16.5. The molecule has 2 N–H and O–H groups in total. The second-order valence-corrected chi connectivity index (χ2v) is 10.6. The number of hydrogen-bond acceptors (Lipinski definition) is 4. The normalized spacial score (nSPS) is 11.2. The highest BCUT2D eigenvalue weighted by molar-refractivity contribution is 5.92. The van der Waals surface area contributed by atoms with Crippen molar-refractivity contribution in [3.05, 3.63) is 155 Å². The molecule has 6 heteroatoms. The molecule has 0 spiro atoms. The van der Waals surface area contributed by atoms with Crippen molar-refractivity contribution >= 4 is 40.6 Å². The summed E-state index contributed by atoms with van der Waals surface area (Å²) in [6.45, 7) is 2.06. The molecule has 0 atom stereocenters. The van der Waals surface area contributed by atoms with Gasteiger partial charge in [-0.2, -0.15) is 0 Å². The third-order valence-corrected chi connectivity index (χ3v) is 7.33. The highest BCUT2D eigenvalue weighted by Crippen LogP contribution is 2.36. The van der Waals surface area contributed by atoms with Crippen LogP contribution in [0.4, 0.5) is 17.1 Å². The maximum Gasteiger partial charge on any atom is 0.307 e. The van der Waals surface area contributed by atoms with Gasteiger partial charge in [0.25, 0.3) is 0 Å². The van der Waals surface area contributed by atoms with Crippen molar-refractivity contribution in [1.82, 2.24) is 0 Å². The van der Waals surface area contributed by atoms with E-state index < -0.39 is 11.9 Å². The first-order chi connectivity index (χ1) is 21.3. The number of carboxylic acids is 2. The first kappa shape index (κ1) is 29.9. The van der Waals surface area contributed by atoms with E-state index in [4.69, 9.17) is 4.74 Å². The van der Waals surface area contributed by atoms with Crippen LogP contribution in [0.5, 0.6) is 5.75 Å². The second kappa shape index (κ2) is 13.6. The zero-order chi connectivity index (χ0) is 31.1. The Morgan fingerprint density at radius 2 is 1.02 bits per heavy atom. The number of ether oxygens (including phenoxy) is 1. The number of methoxy groups -OCH3 is 1. The van der Waals surface area contributed by atoms with E-state index in [9.17, 15) is 19.8 Å². The Bertz CT molecular complexity index is 1750. The monoisotopic (exact) mass is 583 g/mol. The van der Waals surface area contributed by atoms with E-state index in [-0.39, 0.29) is 12.8 Å². The fourth-order valence-electron chi connectivity index (χ4n) is 5.05. The Balaban J connectivity index is 1.52. The molecular formula is C38H33NO5. The summed E-state index contributed by atoms with van der Waals surface area (Å²) in [6.07, 6.45) is 2.09. The summed E-state index contributed by atoms with van der Waals surface area (Å²) < 4.78 is 5.36. The van der Waals surface area contributed by atoms with Crippen LogP contribution in [0.1, 0.15) is 33.4 Å². The van der Waals surface area contributed by atoms with Crippen LogP contribution in [0.2, 0.25) is 0 Å². The summed E-state index contributed by atoms with van der Waals surface area (Å²) in [5.41, 5.74) is 9.51. The fraction of sp³-hybridized carbons (Fsp3) is 0.105. The molecule has 0 saturated carbocycles. The third-order valence-electron chi connectivity index (χ3n) is 7.33. The molecule has 0 fully saturated rings. The molecule has 0 bridgehead atoms. The Labute approximate surface area is 257 Å². The zero-order valence-electron chi connectivity index (χ0n) is 24.6. The molecule has 0 saturated heterocycles. The van der Waals surface area contributed by atoms with Crippen LogP contribution in [-0.4, -0.2) is 29.3 Å². The topological polar surface area (TPSA) is 87.1 Å². The van der Waals surface area contributed by atoms with Crippen molar-refractivity contribution in [3.63, 3.8) is 0 Å². The number of anilines is 3. The van der Waals surface area contributed by atoms with Crippen LogP contribution >= 0.6 is 0 Å². The lowest BCUT2D eigenvalue weighted by molar-refractivity contribution is -0.137. The molecule has 44 heavy (non-hydrogen) atoms. The van der Waals surface area contributed by atoms with Gasteiger partial charge in [0.1, 0.15) is 5.75 Å². The standard InChI is InChI=1S/C38H33NO5/c1-26-3-11-30(12-4-26)36(31-13-5-28(6-14-31)24-37(40)41)23-27-7-15-32(16-8-27)39(34-19-21-35(44-2)22-20-34)33-17-9-29(10-18-33)25-38(42)43/h3-23H,24-25H2,1-2H3,(H,40,41)(H,42,43). The highest BCUT2D eigenvalue weighted by Gasteiger charge is 2.14. The minimum atomic E-state index is -0.866. The maximum atomic E-state index is 11.2. The number of carboxylic acid groups (broad SMARTS) is 2. The Morgan fingerprint density at radius 3 is 1.48 bits per heavy atom. The zero-order valence-corrected chi connectivity index (χ0v) is 24.6. The van der Waals surface area contributed by atoms with Crippen molar-refractivity contribution in [3.8, 4) is 5.75 Å². The Hall–Kier alpha value is -5.62. The van der Waals surface area contributed by atoms with Gasteiger partial charge in [0.05, 0.1) is 20.0 Å². The molecule has 0 aliphatic carbocycles. The smallest absolute Gasteiger partial charge is 0.307 e. The van der Waals surface area contributed by atoms with E-state index in [1.807, 2.05) is 72.8 Å². The first-order valence-corrected chi connectivity index (χ1v) is 14.2. The molecule has 220 valence electrons. The molecular weight excluding hydrogens is 550 g/mol. The molecule has 5 aromatic carbocycles. The molecule has 0 amide bonds. The molecule has 0 unspecified atom stereocenters. The SMILES string of the molecule is COc1ccc(N(c2ccc(C=C(c3ccc(C)cc3)c3ccc(CC(=O)O)cc3)cc2)c2ccc(CC(=O)O)cc2)cc1. The number of aliphatic carboxylic acids is 2. The van der Waals surface area contributed by atoms with Crippen LogP contribution in [0.25, 0.3) is 11.6 Å². The van der Waals surface area contributed by atoms with Crippen molar-refractivity contribution in [2.75, 3.05) is 12.0 Å². The number of aryl methyl sites for hydroxylation is 1. The van der Waals surface area contributed by atoms with Crippen molar-refractivity contribution in [1.29, 1.82) is 0 Å². The summed E-state index contributed by atoms with van der Waals surface area (Å²) in [4.78, 5) is 24.5. The van der Waals surface area contributed by atoms with Crippen molar-refractivity contribution in [2.24, 2.45) is 0 Å². The van der Waals surface area contributed by atoms with Gasteiger partial charge in [-0.25, -0.2) is 0 Å². The minimum absolute atomic E-state index is 0.0156. The van der Waals surface area contributed by atoms with E-state index in [0.29, 0.717) is 0 Å². The Morgan fingerprint density at radius 1 is 0.614 bits per heavy atom. The number of benzene rings is 5. The third kappa shape index (κ3) is 7.41. The molecule has 0 heterocycles. The van der Waals surface area contributed by atoms with E-state index in [1.165, 1.54) is 5.56 Å². The van der Waals surface area contributed by atoms with Gasteiger partial charge in [0, 0.05) is 17.1 Å². The van der Waals surface area contributed by atoms with E-state index in [2.05, 4.69) is 66.4 Å². The summed E-state index contributed by atoms with van der Waals surface area (Å²) in [7, 11) is 1.63. The van der Waals surface area contributed by atoms with Crippen molar-refractivity contribution in [2.45, 2.75) is 19.8 Å². The minimum Gasteiger partial charge on any atom is -0.497 e. The van der Waals surface area contributed by atoms with Crippen LogP contribution in [0, 0.1) is 6.92 Å². The summed E-state index contributed by atoms with van der Waals surface area (Å²) in [5, 5.41) is 18.4. The predicted octanol–water partition coefficient (Wildman–Crippen LogP) is 8.32. The van der Waals surface area contributed by atoms with Gasteiger partial charge >= 0.3 is 11.9 Å². The van der Waals surface area contributed by atoms with Gasteiger partial charge in [0.2, 0.25) is 0 Å². The van der Waals surface area contributed by atoms with E-state index in [0.717, 1.165) is 56.2 Å². The first-order valence-electron chi connectivity index (χ1n) is 14.2. The van der Waals surface area contributed by atoms with E-state index in [1.54, 1.807) is 7.11 Å². The maximum absolute atomic E-state index is 11.2. The van der Waals surface area contributed by atoms with Crippen molar-refractivity contribution < 1.29 is 24.5 Å². The molecule has 6 nitrogen and oxygen atoms in total. The van der Waals surface area contributed by atoms with Crippen LogP contribution in [0.3, 0.4) is 0 Å². The van der Waals surface area contributed by atoms with Gasteiger partial charge in [-0.15, -0.1) is 0 Å². The largest absolute Gasteiger partial charge is 0.497 e. The number of carbonyl (C=O) groups is 2. The predicted molar refractivity (Wildman–Crippen MR) is 175 cm³/mol. The van der Waals surface area contributed by atoms with Gasteiger partial charge in [-0.05, 0) is 94.9 Å². The van der Waals surface area contributed by atoms with Gasteiger partial charge in [0.15, 0.2) is 0 Å². The van der Waals surface area contributed by atoms with Crippen LogP contribution < -0.4 is 9.64 Å². The average molecular weight is 584 g/mol. The number of hydrogen-bond donors (Lipinski definition) is 2.